The van der Waals surface area contributed by atoms with Crippen molar-refractivity contribution in [2.24, 2.45) is 17.6 Å². The molecule has 1 aliphatic rings. The molecule has 4 nitrogen and oxygen atoms in total. The second-order valence-corrected chi connectivity index (χ2v) is 5.00. The number of para-hydroxylation sites is 1. The van der Waals surface area contributed by atoms with Crippen LogP contribution in [0.3, 0.4) is 0 Å². The van der Waals surface area contributed by atoms with Crippen molar-refractivity contribution in [2.75, 3.05) is 12.4 Å². The second kappa shape index (κ2) is 4.94. The van der Waals surface area contributed by atoms with Gasteiger partial charge in [0, 0.05) is 11.5 Å². The van der Waals surface area contributed by atoms with E-state index in [1.54, 1.807) is 25.3 Å². The predicted octanol–water partition coefficient (Wildman–Crippen LogP) is 1.92. The minimum Gasteiger partial charge on any atom is -0.495 e. The van der Waals surface area contributed by atoms with Crippen molar-refractivity contribution >= 4 is 28.8 Å². The molecule has 1 aromatic carbocycles. The van der Waals surface area contributed by atoms with E-state index in [0.29, 0.717) is 22.9 Å². The van der Waals surface area contributed by atoms with E-state index in [-0.39, 0.29) is 16.8 Å². The second-order valence-electron chi connectivity index (χ2n) is 4.56. The van der Waals surface area contributed by atoms with Crippen LogP contribution in [-0.2, 0) is 4.79 Å². The molecule has 1 aliphatic carbocycles. The van der Waals surface area contributed by atoms with Crippen molar-refractivity contribution in [3.8, 4) is 5.75 Å². The number of hydrogen-bond donors (Lipinski definition) is 2. The van der Waals surface area contributed by atoms with Crippen molar-refractivity contribution in [1.29, 1.82) is 0 Å². The molecule has 1 aromatic rings. The summed E-state index contributed by atoms with van der Waals surface area (Å²) in [4.78, 5) is 12.2. The summed E-state index contributed by atoms with van der Waals surface area (Å²) >= 11 is 4.99. The highest BCUT2D eigenvalue weighted by atomic mass is 32.1. The fourth-order valence-electron chi connectivity index (χ4n) is 1.94. The van der Waals surface area contributed by atoms with E-state index in [9.17, 15) is 4.79 Å². The molecule has 96 valence electrons. The molecule has 0 saturated heterocycles. The molecule has 1 fully saturated rings. The lowest BCUT2D eigenvalue weighted by Gasteiger charge is -2.14. The lowest BCUT2D eigenvalue weighted by atomic mass is 10.1. The van der Waals surface area contributed by atoms with Gasteiger partial charge in [0.1, 0.15) is 10.7 Å². The van der Waals surface area contributed by atoms with Crippen molar-refractivity contribution in [1.82, 2.24) is 0 Å². The van der Waals surface area contributed by atoms with Gasteiger partial charge in [-0.3, -0.25) is 4.79 Å². The summed E-state index contributed by atoms with van der Waals surface area (Å²) in [7, 11) is 1.55. The molecule has 3 N–H and O–H groups in total. The Morgan fingerprint density at radius 3 is 2.72 bits per heavy atom. The molecule has 5 heteroatoms. The molecule has 0 spiro atoms. The third kappa shape index (κ3) is 2.46. The number of ether oxygens (including phenoxy) is 1. The van der Waals surface area contributed by atoms with Gasteiger partial charge in [0.2, 0.25) is 5.91 Å². The van der Waals surface area contributed by atoms with Crippen LogP contribution in [0.4, 0.5) is 5.69 Å². The average Bonchev–Trinajstić information content (AvgIpc) is 3.06. The van der Waals surface area contributed by atoms with Crippen LogP contribution in [0.15, 0.2) is 18.2 Å². The maximum Gasteiger partial charge on any atom is 0.227 e. The van der Waals surface area contributed by atoms with Gasteiger partial charge < -0.3 is 15.8 Å². The fraction of sp³-hybridized carbons (Fsp3) is 0.385. The molecule has 2 unspecified atom stereocenters. The number of nitrogens with two attached hydrogens (primary N) is 1. The maximum absolute atomic E-state index is 12.0. The molecular formula is C13H16N2O2S. The number of amides is 1. The number of benzene rings is 1. The number of thiocarbonyl (C=S) groups is 1. The lowest BCUT2D eigenvalue weighted by Crippen LogP contribution is -2.19. The van der Waals surface area contributed by atoms with Crippen LogP contribution in [0.1, 0.15) is 18.9 Å². The maximum atomic E-state index is 12.0. The molecule has 0 radical (unpaired) electrons. The standard InChI is InChI=1S/C13H16N2O2S/c1-7-6-9(7)13(16)15-11-8(12(14)18)4-3-5-10(11)17-2/h3-5,7,9H,6H2,1-2H3,(H2,14,18)(H,15,16). The number of anilines is 1. The zero-order chi connectivity index (χ0) is 13.3. The van der Waals surface area contributed by atoms with Crippen LogP contribution in [0, 0.1) is 11.8 Å². The molecule has 2 atom stereocenters. The number of hydrogen-bond acceptors (Lipinski definition) is 3. The Hall–Kier alpha value is -1.62. The highest BCUT2D eigenvalue weighted by molar-refractivity contribution is 7.80. The van der Waals surface area contributed by atoms with Gasteiger partial charge in [-0.25, -0.2) is 0 Å². The summed E-state index contributed by atoms with van der Waals surface area (Å²) in [5.41, 5.74) is 6.85. The zero-order valence-corrected chi connectivity index (χ0v) is 11.2. The number of rotatable bonds is 4. The molecule has 2 rings (SSSR count). The Morgan fingerprint density at radius 2 is 2.22 bits per heavy atom. The van der Waals surface area contributed by atoms with Gasteiger partial charge in [0.05, 0.1) is 12.8 Å². The number of methoxy groups -OCH3 is 1. The van der Waals surface area contributed by atoms with E-state index >= 15 is 0 Å². The topological polar surface area (TPSA) is 64.3 Å². The van der Waals surface area contributed by atoms with Crippen LogP contribution >= 0.6 is 12.2 Å². The Balaban J connectivity index is 2.29. The zero-order valence-electron chi connectivity index (χ0n) is 10.4. The van der Waals surface area contributed by atoms with Gasteiger partial charge in [-0.2, -0.15) is 0 Å². The molecule has 0 bridgehead atoms. The largest absolute Gasteiger partial charge is 0.495 e. The Kier molecular flexibility index (Phi) is 3.52. The van der Waals surface area contributed by atoms with Crippen molar-refractivity contribution < 1.29 is 9.53 Å². The third-order valence-electron chi connectivity index (χ3n) is 3.21. The molecule has 18 heavy (non-hydrogen) atoms. The molecule has 0 heterocycles. The van der Waals surface area contributed by atoms with Gasteiger partial charge in [0.15, 0.2) is 0 Å². The SMILES string of the molecule is COc1cccc(C(N)=S)c1NC(=O)C1CC1C. The Morgan fingerprint density at radius 1 is 1.56 bits per heavy atom. The first-order valence-corrected chi connectivity index (χ1v) is 6.23. The van der Waals surface area contributed by atoms with Crippen molar-refractivity contribution in [3.05, 3.63) is 23.8 Å². The number of carbonyl (C=O) groups excluding carboxylic acids is 1. The highest BCUT2D eigenvalue weighted by Crippen LogP contribution is 2.39. The van der Waals surface area contributed by atoms with E-state index in [2.05, 4.69) is 12.2 Å². The van der Waals surface area contributed by atoms with Gasteiger partial charge in [0.25, 0.3) is 0 Å². The first-order chi connectivity index (χ1) is 8.54. The van der Waals surface area contributed by atoms with E-state index in [1.165, 1.54) is 0 Å². The predicted molar refractivity (Wildman–Crippen MR) is 74.8 cm³/mol. The molecular weight excluding hydrogens is 248 g/mol. The normalized spacial score (nSPS) is 21.2. The van der Waals surface area contributed by atoms with Gasteiger partial charge >= 0.3 is 0 Å². The van der Waals surface area contributed by atoms with Crippen LogP contribution in [0.25, 0.3) is 0 Å². The summed E-state index contributed by atoms with van der Waals surface area (Å²) in [6, 6.07) is 5.34. The van der Waals surface area contributed by atoms with E-state index in [4.69, 9.17) is 22.7 Å². The summed E-state index contributed by atoms with van der Waals surface area (Å²) < 4.78 is 5.23. The minimum atomic E-state index is 0.00417. The smallest absolute Gasteiger partial charge is 0.227 e. The Labute approximate surface area is 112 Å². The number of carbonyl (C=O) groups is 1. The minimum absolute atomic E-state index is 0.00417. The summed E-state index contributed by atoms with van der Waals surface area (Å²) in [5, 5.41) is 2.87. The summed E-state index contributed by atoms with van der Waals surface area (Å²) in [6.45, 7) is 2.06. The average molecular weight is 264 g/mol. The Bertz CT molecular complexity index is 502. The fourth-order valence-corrected chi connectivity index (χ4v) is 2.11. The highest BCUT2D eigenvalue weighted by Gasteiger charge is 2.39. The first-order valence-electron chi connectivity index (χ1n) is 5.82. The number of nitrogens with one attached hydrogen (secondary N) is 1. The van der Waals surface area contributed by atoms with Crippen molar-refractivity contribution in [3.63, 3.8) is 0 Å². The molecule has 0 aliphatic heterocycles. The molecule has 1 saturated carbocycles. The summed E-state index contributed by atoms with van der Waals surface area (Å²) in [6.07, 6.45) is 0.934. The van der Waals surface area contributed by atoms with Crippen LogP contribution in [-0.4, -0.2) is 18.0 Å². The van der Waals surface area contributed by atoms with Gasteiger partial charge in [-0.15, -0.1) is 0 Å². The van der Waals surface area contributed by atoms with Crippen LogP contribution < -0.4 is 15.8 Å². The van der Waals surface area contributed by atoms with E-state index in [0.717, 1.165) is 6.42 Å². The van der Waals surface area contributed by atoms with Gasteiger partial charge in [-0.1, -0.05) is 25.2 Å². The van der Waals surface area contributed by atoms with Crippen LogP contribution in [0.2, 0.25) is 0 Å². The summed E-state index contributed by atoms with van der Waals surface area (Å²) in [5.74, 6) is 1.12. The third-order valence-corrected chi connectivity index (χ3v) is 3.43. The van der Waals surface area contributed by atoms with E-state index < -0.39 is 0 Å². The quantitative estimate of drug-likeness (QED) is 0.816. The lowest BCUT2D eigenvalue weighted by molar-refractivity contribution is -0.117. The molecule has 1 amide bonds. The first kappa shape index (κ1) is 12.8. The van der Waals surface area contributed by atoms with Crippen molar-refractivity contribution in [2.45, 2.75) is 13.3 Å². The monoisotopic (exact) mass is 264 g/mol. The van der Waals surface area contributed by atoms with Crippen LogP contribution in [0.5, 0.6) is 5.75 Å². The van der Waals surface area contributed by atoms with E-state index in [1.807, 2.05) is 0 Å². The van der Waals surface area contributed by atoms with Gasteiger partial charge in [-0.05, 0) is 24.5 Å². The molecule has 0 aromatic heterocycles.